The Morgan fingerprint density at radius 1 is 1.27 bits per heavy atom. The second-order valence-electron chi connectivity index (χ2n) is 5.91. The standard InChI is InChI=1S/C17H24N2O2.ClH/c20-17(12-15-13-21-11-9-18-15)19-10-5-1-2-6-14-7-3-4-8-16(14)19;/h3-4,7-8,15,18H,1-2,5-6,9-13H2;1H. The van der Waals surface area contributed by atoms with Crippen molar-refractivity contribution in [1.29, 1.82) is 0 Å². The number of carbonyl (C=O) groups excluding carboxylic acids is 1. The van der Waals surface area contributed by atoms with Crippen LogP contribution in [0.3, 0.4) is 0 Å². The number of halogens is 1. The number of benzene rings is 1. The number of nitrogens with zero attached hydrogens (tertiary/aromatic N) is 1. The van der Waals surface area contributed by atoms with Crippen LogP contribution in [0, 0.1) is 0 Å². The van der Waals surface area contributed by atoms with Gasteiger partial charge in [0.2, 0.25) is 5.91 Å². The van der Waals surface area contributed by atoms with Gasteiger partial charge in [0, 0.05) is 31.2 Å². The first-order valence-corrected chi connectivity index (χ1v) is 8.04. The minimum atomic E-state index is 0. The van der Waals surface area contributed by atoms with E-state index in [1.807, 2.05) is 11.0 Å². The highest BCUT2D eigenvalue weighted by atomic mass is 35.5. The number of ether oxygens (including phenoxy) is 1. The first kappa shape index (κ1) is 17.3. The minimum Gasteiger partial charge on any atom is -0.378 e. The van der Waals surface area contributed by atoms with Crippen LogP contribution in [-0.4, -0.2) is 38.3 Å². The molecule has 0 radical (unpaired) electrons. The van der Waals surface area contributed by atoms with Crippen molar-refractivity contribution in [1.82, 2.24) is 5.32 Å². The van der Waals surface area contributed by atoms with Crippen molar-refractivity contribution in [3.8, 4) is 0 Å². The Balaban J connectivity index is 0.00000176. The highest BCUT2D eigenvalue weighted by Crippen LogP contribution is 2.26. The molecule has 0 bridgehead atoms. The summed E-state index contributed by atoms with van der Waals surface area (Å²) in [6.45, 7) is 3.07. The monoisotopic (exact) mass is 324 g/mol. The average Bonchev–Trinajstić information content (AvgIpc) is 2.49. The summed E-state index contributed by atoms with van der Waals surface area (Å²) in [5.41, 5.74) is 2.41. The highest BCUT2D eigenvalue weighted by Gasteiger charge is 2.24. The van der Waals surface area contributed by atoms with Gasteiger partial charge < -0.3 is 15.0 Å². The highest BCUT2D eigenvalue weighted by molar-refractivity contribution is 5.94. The molecule has 0 spiro atoms. The normalized spacial score (nSPS) is 22.0. The van der Waals surface area contributed by atoms with Gasteiger partial charge in [-0.15, -0.1) is 12.4 Å². The maximum atomic E-state index is 12.7. The summed E-state index contributed by atoms with van der Waals surface area (Å²) in [4.78, 5) is 14.7. The van der Waals surface area contributed by atoms with E-state index < -0.39 is 0 Å². The van der Waals surface area contributed by atoms with E-state index in [0.717, 1.165) is 38.2 Å². The van der Waals surface area contributed by atoms with Crippen molar-refractivity contribution in [3.05, 3.63) is 29.8 Å². The van der Waals surface area contributed by atoms with Gasteiger partial charge >= 0.3 is 0 Å². The Morgan fingerprint density at radius 3 is 2.95 bits per heavy atom. The van der Waals surface area contributed by atoms with Crippen molar-refractivity contribution >= 4 is 24.0 Å². The van der Waals surface area contributed by atoms with E-state index in [1.165, 1.54) is 18.4 Å². The third-order valence-electron chi connectivity index (χ3n) is 4.33. The molecular formula is C17H25ClN2O2. The topological polar surface area (TPSA) is 41.6 Å². The summed E-state index contributed by atoms with van der Waals surface area (Å²) in [7, 11) is 0. The predicted octanol–water partition coefficient (Wildman–Crippen LogP) is 2.55. The number of hydrogen-bond acceptors (Lipinski definition) is 3. The molecule has 1 N–H and O–H groups in total. The van der Waals surface area contributed by atoms with E-state index in [0.29, 0.717) is 13.0 Å². The molecule has 1 aromatic carbocycles. The first-order chi connectivity index (χ1) is 10.3. The van der Waals surface area contributed by atoms with Gasteiger partial charge in [0.25, 0.3) is 0 Å². The van der Waals surface area contributed by atoms with Gasteiger partial charge in [-0.1, -0.05) is 24.6 Å². The molecular weight excluding hydrogens is 300 g/mol. The van der Waals surface area contributed by atoms with E-state index in [2.05, 4.69) is 23.5 Å². The molecule has 2 aliphatic heterocycles. The number of fused-ring (bicyclic) bond motifs is 1. The van der Waals surface area contributed by atoms with Gasteiger partial charge in [-0.25, -0.2) is 0 Å². The lowest BCUT2D eigenvalue weighted by molar-refractivity contribution is -0.119. The lowest BCUT2D eigenvalue weighted by Crippen LogP contribution is -2.45. The van der Waals surface area contributed by atoms with E-state index in [9.17, 15) is 4.79 Å². The number of nitrogens with one attached hydrogen (secondary N) is 1. The molecule has 1 saturated heterocycles. The van der Waals surface area contributed by atoms with Crippen LogP contribution in [0.5, 0.6) is 0 Å². The Hall–Kier alpha value is -1.10. The molecule has 2 heterocycles. The van der Waals surface area contributed by atoms with Crippen LogP contribution < -0.4 is 10.2 Å². The van der Waals surface area contributed by atoms with Crippen molar-refractivity contribution in [3.63, 3.8) is 0 Å². The molecule has 2 aliphatic rings. The van der Waals surface area contributed by atoms with Crippen LogP contribution in [-0.2, 0) is 16.0 Å². The number of hydrogen-bond donors (Lipinski definition) is 1. The van der Waals surface area contributed by atoms with Crippen LogP contribution >= 0.6 is 12.4 Å². The molecule has 1 unspecified atom stereocenters. The molecule has 0 aromatic heterocycles. The average molecular weight is 325 g/mol. The van der Waals surface area contributed by atoms with Gasteiger partial charge in [0.1, 0.15) is 0 Å². The maximum Gasteiger partial charge on any atom is 0.228 e. The third-order valence-corrected chi connectivity index (χ3v) is 4.33. The lowest BCUT2D eigenvalue weighted by atomic mass is 10.0. The predicted molar refractivity (Wildman–Crippen MR) is 90.8 cm³/mol. The van der Waals surface area contributed by atoms with Gasteiger partial charge in [0.05, 0.1) is 13.2 Å². The molecule has 0 aliphatic carbocycles. The number of morpholine rings is 1. The Labute approximate surface area is 138 Å². The molecule has 1 amide bonds. The van der Waals surface area contributed by atoms with Crippen LogP contribution in [0.1, 0.15) is 31.2 Å². The van der Waals surface area contributed by atoms with Crippen LogP contribution in [0.4, 0.5) is 5.69 Å². The number of carbonyl (C=O) groups is 1. The molecule has 4 nitrogen and oxygen atoms in total. The zero-order valence-electron chi connectivity index (χ0n) is 12.9. The molecule has 22 heavy (non-hydrogen) atoms. The smallest absolute Gasteiger partial charge is 0.228 e. The summed E-state index contributed by atoms with van der Waals surface area (Å²) in [6, 6.07) is 8.50. The summed E-state index contributed by atoms with van der Waals surface area (Å²) in [6.07, 6.45) is 5.10. The summed E-state index contributed by atoms with van der Waals surface area (Å²) < 4.78 is 5.45. The van der Waals surface area contributed by atoms with Crippen LogP contribution in [0.15, 0.2) is 24.3 Å². The van der Waals surface area contributed by atoms with Crippen molar-refractivity contribution < 1.29 is 9.53 Å². The fraction of sp³-hybridized carbons (Fsp3) is 0.588. The SMILES string of the molecule is Cl.O=C(CC1COCCN1)N1CCCCCc2ccccc21. The quantitative estimate of drug-likeness (QED) is 0.909. The Bertz CT molecular complexity index is 489. The third kappa shape index (κ3) is 4.22. The van der Waals surface area contributed by atoms with Crippen molar-refractivity contribution in [2.24, 2.45) is 0 Å². The summed E-state index contributed by atoms with van der Waals surface area (Å²) in [5, 5.41) is 3.37. The molecule has 1 fully saturated rings. The second-order valence-corrected chi connectivity index (χ2v) is 5.91. The largest absolute Gasteiger partial charge is 0.378 e. The van der Waals surface area contributed by atoms with E-state index in [-0.39, 0.29) is 24.4 Å². The summed E-state index contributed by atoms with van der Waals surface area (Å²) in [5.74, 6) is 0.215. The van der Waals surface area contributed by atoms with Crippen molar-refractivity contribution in [2.45, 2.75) is 38.1 Å². The van der Waals surface area contributed by atoms with Crippen molar-refractivity contribution in [2.75, 3.05) is 31.2 Å². The van der Waals surface area contributed by atoms with E-state index in [4.69, 9.17) is 4.74 Å². The number of anilines is 1. The zero-order valence-corrected chi connectivity index (χ0v) is 13.7. The van der Waals surface area contributed by atoms with Gasteiger partial charge in [-0.05, 0) is 30.9 Å². The van der Waals surface area contributed by atoms with Gasteiger partial charge in [-0.2, -0.15) is 0 Å². The van der Waals surface area contributed by atoms with Gasteiger partial charge in [-0.3, -0.25) is 4.79 Å². The molecule has 1 atom stereocenters. The number of rotatable bonds is 2. The van der Waals surface area contributed by atoms with Crippen LogP contribution in [0.25, 0.3) is 0 Å². The first-order valence-electron chi connectivity index (χ1n) is 8.04. The van der Waals surface area contributed by atoms with Crippen LogP contribution in [0.2, 0.25) is 0 Å². The number of aryl methyl sites for hydroxylation is 1. The number of amides is 1. The molecule has 122 valence electrons. The lowest BCUT2D eigenvalue weighted by Gasteiger charge is -2.30. The van der Waals surface area contributed by atoms with E-state index >= 15 is 0 Å². The molecule has 3 rings (SSSR count). The fourth-order valence-electron chi connectivity index (χ4n) is 3.20. The zero-order chi connectivity index (χ0) is 14.5. The Morgan fingerprint density at radius 2 is 2.14 bits per heavy atom. The van der Waals surface area contributed by atoms with Gasteiger partial charge in [0.15, 0.2) is 0 Å². The molecule has 0 saturated carbocycles. The maximum absolute atomic E-state index is 12.7. The summed E-state index contributed by atoms with van der Waals surface area (Å²) >= 11 is 0. The molecule has 5 heteroatoms. The number of para-hydroxylation sites is 1. The fourth-order valence-corrected chi connectivity index (χ4v) is 3.20. The molecule has 1 aromatic rings. The Kier molecular flexibility index (Phi) is 6.68. The minimum absolute atomic E-state index is 0. The van der Waals surface area contributed by atoms with E-state index in [1.54, 1.807) is 0 Å². The second kappa shape index (κ2) is 8.51.